The van der Waals surface area contributed by atoms with E-state index in [2.05, 4.69) is 5.32 Å². The summed E-state index contributed by atoms with van der Waals surface area (Å²) < 4.78 is 0. The van der Waals surface area contributed by atoms with Gasteiger partial charge in [-0.15, -0.1) is 0 Å². The minimum absolute atomic E-state index is 0.0147. The Morgan fingerprint density at radius 3 is 2.45 bits per heavy atom. The lowest BCUT2D eigenvalue weighted by Gasteiger charge is -2.30. The van der Waals surface area contributed by atoms with Crippen LogP contribution in [-0.4, -0.2) is 18.4 Å². The Hall–Kier alpha value is -3.92. The molecule has 1 aliphatic rings. The average molecular weight is 406 g/mol. The molecule has 0 spiro atoms. The van der Waals surface area contributed by atoms with Crippen LogP contribution in [0.15, 0.2) is 91.0 Å². The predicted molar refractivity (Wildman–Crippen MR) is 125 cm³/mol. The lowest BCUT2D eigenvalue weighted by molar-refractivity contribution is 0.0984. The Kier molecular flexibility index (Phi) is 4.97. The largest absolute Gasteiger partial charge is 0.322 e. The molecule has 0 radical (unpaired) electrons. The van der Waals surface area contributed by atoms with Gasteiger partial charge >= 0.3 is 0 Å². The van der Waals surface area contributed by atoms with E-state index in [4.69, 9.17) is 0 Å². The van der Waals surface area contributed by atoms with Crippen molar-refractivity contribution in [3.05, 3.63) is 108 Å². The van der Waals surface area contributed by atoms with Gasteiger partial charge in [0.15, 0.2) is 0 Å². The third-order valence-corrected chi connectivity index (χ3v) is 5.76. The third-order valence-electron chi connectivity index (χ3n) is 5.76. The van der Waals surface area contributed by atoms with Crippen LogP contribution in [0.1, 0.15) is 32.7 Å². The third kappa shape index (κ3) is 3.68. The van der Waals surface area contributed by atoms with Crippen molar-refractivity contribution < 1.29 is 9.59 Å². The fraction of sp³-hybridized carbons (Fsp3) is 0.111. The number of hydrogen-bond donors (Lipinski definition) is 1. The highest BCUT2D eigenvalue weighted by Crippen LogP contribution is 2.31. The quantitative estimate of drug-likeness (QED) is 0.475. The molecule has 0 bridgehead atoms. The molecule has 1 N–H and O–H groups in total. The Morgan fingerprint density at radius 1 is 0.806 bits per heavy atom. The maximum atomic E-state index is 13.1. The van der Waals surface area contributed by atoms with Gasteiger partial charge in [0.2, 0.25) is 0 Å². The van der Waals surface area contributed by atoms with Crippen LogP contribution in [0.3, 0.4) is 0 Å². The van der Waals surface area contributed by atoms with Crippen molar-refractivity contribution in [2.24, 2.45) is 0 Å². The number of fused-ring (bicyclic) bond motifs is 2. The molecule has 4 nitrogen and oxygen atoms in total. The number of hydrogen-bond acceptors (Lipinski definition) is 2. The van der Waals surface area contributed by atoms with Gasteiger partial charge in [-0.2, -0.15) is 0 Å². The average Bonchev–Trinajstić information content (AvgIpc) is 2.83. The second-order valence-electron chi connectivity index (χ2n) is 7.75. The molecule has 0 saturated heterocycles. The van der Waals surface area contributed by atoms with Gasteiger partial charge in [0.25, 0.3) is 11.8 Å². The van der Waals surface area contributed by atoms with Crippen molar-refractivity contribution >= 4 is 34.0 Å². The molecule has 4 heteroatoms. The first-order chi connectivity index (χ1) is 15.2. The fourth-order valence-electron chi connectivity index (χ4n) is 4.22. The summed E-state index contributed by atoms with van der Waals surface area (Å²) in [4.78, 5) is 28.0. The second kappa shape index (κ2) is 8.07. The predicted octanol–water partition coefficient (Wildman–Crippen LogP) is 5.69. The molecule has 152 valence electrons. The Balaban J connectivity index is 1.45. The molecule has 1 aliphatic heterocycles. The molecule has 0 unspecified atom stereocenters. The highest BCUT2D eigenvalue weighted by Gasteiger charge is 2.24. The van der Waals surface area contributed by atoms with Gasteiger partial charge < -0.3 is 10.2 Å². The van der Waals surface area contributed by atoms with E-state index in [1.807, 2.05) is 95.9 Å². The van der Waals surface area contributed by atoms with Gasteiger partial charge in [0, 0.05) is 29.0 Å². The molecule has 0 fully saturated rings. The first-order valence-electron chi connectivity index (χ1n) is 10.5. The smallest absolute Gasteiger partial charge is 0.258 e. The van der Waals surface area contributed by atoms with Crippen molar-refractivity contribution in [1.82, 2.24) is 0 Å². The SMILES string of the molecule is O=C(Nc1ccc2c(c1)N(C(=O)c1ccccc1)CCC2)c1cccc2ccccc12. The van der Waals surface area contributed by atoms with Crippen LogP contribution in [0.4, 0.5) is 11.4 Å². The zero-order chi connectivity index (χ0) is 21.2. The summed E-state index contributed by atoms with van der Waals surface area (Å²) >= 11 is 0. The van der Waals surface area contributed by atoms with E-state index < -0.39 is 0 Å². The molecule has 0 aliphatic carbocycles. The summed E-state index contributed by atoms with van der Waals surface area (Å²) in [6, 6.07) is 28.7. The monoisotopic (exact) mass is 406 g/mol. The van der Waals surface area contributed by atoms with Gasteiger partial charge in [-0.25, -0.2) is 0 Å². The van der Waals surface area contributed by atoms with Crippen LogP contribution in [0, 0.1) is 0 Å². The zero-order valence-electron chi connectivity index (χ0n) is 17.0. The maximum Gasteiger partial charge on any atom is 0.258 e. The number of carbonyl (C=O) groups excluding carboxylic acids is 2. The number of nitrogens with one attached hydrogen (secondary N) is 1. The van der Waals surface area contributed by atoms with Crippen LogP contribution in [-0.2, 0) is 6.42 Å². The Labute approximate surface area is 181 Å². The molecular weight excluding hydrogens is 384 g/mol. The minimum atomic E-state index is -0.159. The molecule has 31 heavy (non-hydrogen) atoms. The van der Waals surface area contributed by atoms with E-state index in [0.29, 0.717) is 23.4 Å². The summed E-state index contributed by atoms with van der Waals surface area (Å²) in [5, 5.41) is 4.97. The van der Waals surface area contributed by atoms with Gasteiger partial charge in [0.05, 0.1) is 0 Å². The van der Waals surface area contributed by atoms with Crippen molar-refractivity contribution in [3.8, 4) is 0 Å². The zero-order valence-corrected chi connectivity index (χ0v) is 17.0. The summed E-state index contributed by atoms with van der Waals surface area (Å²) in [6.45, 7) is 0.668. The van der Waals surface area contributed by atoms with E-state index in [-0.39, 0.29) is 11.8 Å². The summed E-state index contributed by atoms with van der Waals surface area (Å²) in [5.41, 5.74) is 3.98. The van der Waals surface area contributed by atoms with E-state index >= 15 is 0 Å². The highest BCUT2D eigenvalue weighted by molar-refractivity contribution is 6.13. The summed E-state index contributed by atoms with van der Waals surface area (Å²) in [7, 11) is 0. The van der Waals surface area contributed by atoms with E-state index in [1.165, 1.54) is 0 Å². The number of nitrogens with zero attached hydrogens (tertiary/aromatic N) is 1. The number of benzene rings is 4. The minimum Gasteiger partial charge on any atom is -0.322 e. The second-order valence-corrected chi connectivity index (χ2v) is 7.75. The van der Waals surface area contributed by atoms with Crippen LogP contribution in [0.2, 0.25) is 0 Å². The van der Waals surface area contributed by atoms with Gasteiger partial charge in [0.1, 0.15) is 0 Å². The van der Waals surface area contributed by atoms with Crippen molar-refractivity contribution in [1.29, 1.82) is 0 Å². The number of aryl methyl sites for hydroxylation is 1. The standard InChI is InChI=1S/C27H22N2O2/c30-26(24-14-6-11-19-8-4-5-13-23(19)24)28-22-16-15-20-12-7-17-29(25(20)18-22)27(31)21-9-2-1-3-10-21/h1-6,8-11,13-16,18H,7,12,17H2,(H,28,30). The summed E-state index contributed by atoms with van der Waals surface area (Å²) in [6.07, 6.45) is 1.85. The molecule has 0 saturated carbocycles. The summed E-state index contributed by atoms with van der Waals surface area (Å²) in [5.74, 6) is -0.174. The van der Waals surface area contributed by atoms with Crippen LogP contribution in [0.25, 0.3) is 10.8 Å². The van der Waals surface area contributed by atoms with Crippen LogP contribution >= 0.6 is 0 Å². The molecule has 0 aromatic heterocycles. The number of amides is 2. The van der Waals surface area contributed by atoms with Crippen LogP contribution in [0.5, 0.6) is 0 Å². The molecule has 4 aromatic rings. The molecule has 2 amide bonds. The Morgan fingerprint density at radius 2 is 1.58 bits per heavy atom. The lowest BCUT2D eigenvalue weighted by Crippen LogP contribution is -2.35. The number of carbonyl (C=O) groups is 2. The van der Waals surface area contributed by atoms with E-state index in [0.717, 1.165) is 34.9 Å². The molecular formula is C27H22N2O2. The topological polar surface area (TPSA) is 49.4 Å². The van der Waals surface area contributed by atoms with Gasteiger partial charge in [-0.1, -0.05) is 60.7 Å². The molecule has 0 atom stereocenters. The fourth-order valence-corrected chi connectivity index (χ4v) is 4.22. The normalized spacial score (nSPS) is 13.0. The first-order valence-corrected chi connectivity index (χ1v) is 10.5. The molecule has 4 aromatic carbocycles. The van der Waals surface area contributed by atoms with E-state index in [1.54, 1.807) is 0 Å². The van der Waals surface area contributed by atoms with Crippen LogP contribution < -0.4 is 10.2 Å². The first kappa shape index (κ1) is 19.1. The van der Waals surface area contributed by atoms with Crippen molar-refractivity contribution in [2.75, 3.05) is 16.8 Å². The maximum absolute atomic E-state index is 13.1. The van der Waals surface area contributed by atoms with Gasteiger partial charge in [-0.05, 0) is 59.5 Å². The van der Waals surface area contributed by atoms with E-state index in [9.17, 15) is 9.59 Å². The van der Waals surface area contributed by atoms with Crippen molar-refractivity contribution in [3.63, 3.8) is 0 Å². The lowest BCUT2D eigenvalue weighted by atomic mass is 9.99. The Bertz CT molecular complexity index is 1280. The molecule has 5 rings (SSSR count). The number of anilines is 2. The van der Waals surface area contributed by atoms with Gasteiger partial charge in [-0.3, -0.25) is 9.59 Å². The number of rotatable bonds is 3. The highest BCUT2D eigenvalue weighted by atomic mass is 16.2. The van der Waals surface area contributed by atoms with Crippen molar-refractivity contribution in [2.45, 2.75) is 12.8 Å². The molecule has 1 heterocycles.